The molecule has 0 aliphatic carbocycles. The number of nitrogens with zero attached hydrogens (tertiary/aromatic N) is 3. The quantitative estimate of drug-likeness (QED) is 0.397. The normalized spacial score (nSPS) is 14.3. The van der Waals surface area contributed by atoms with Crippen LogP contribution in [0.15, 0.2) is 85.1 Å². The van der Waals surface area contributed by atoms with Gasteiger partial charge in [0.05, 0.1) is 32.5 Å². The molecule has 7 nitrogen and oxygen atoms in total. The van der Waals surface area contributed by atoms with Crippen molar-refractivity contribution in [2.45, 2.75) is 12.6 Å². The van der Waals surface area contributed by atoms with Gasteiger partial charge in [-0.1, -0.05) is 30.3 Å². The maximum Gasteiger partial charge on any atom is 0.322 e. The molecule has 1 unspecified atom stereocenters. The number of fused-ring (bicyclic) bond motifs is 3. The average molecular weight is 483 g/mol. The smallest absolute Gasteiger partial charge is 0.322 e. The molecule has 184 valence electrons. The number of hydrogen-bond acceptors (Lipinski definition) is 4. The van der Waals surface area contributed by atoms with Crippen molar-refractivity contribution < 1.29 is 14.3 Å². The Bertz CT molecular complexity index is 1380. The van der Waals surface area contributed by atoms with Crippen molar-refractivity contribution >= 4 is 17.4 Å². The van der Waals surface area contributed by atoms with Crippen molar-refractivity contribution in [2.75, 3.05) is 38.5 Å². The molecule has 4 aromatic rings. The molecule has 1 aromatic heterocycles. The number of amides is 2. The summed E-state index contributed by atoms with van der Waals surface area (Å²) in [4.78, 5) is 17.9. The standard InChI is InChI=1S/C29H30N4O3/c1-31(2)23-14-11-20(12-15-23)28-25-10-7-17-32(25)24-9-6-5-8-21(24)19-33(28)29(34)30-22-13-16-26(35-3)27(18-22)36-4/h5-18,28H,19H2,1-4H3,(H,30,34). The summed E-state index contributed by atoms with van der Waals surface area (Å²) in [5.41, 5.74) is 5.95. The molecule has 0 fully saturated rings. The van der Waals surface area contributed by atoms with Crippen molar-refractivity contribution in [3.8, 4) is 17.2 Å². The van der Waals surface area contributed by atoms with E-state index in [4.69, 9.17) is 9.47 Å². The summed E-state index contributed by atoms with van der Waals surface area (Å²) < 4.78 is 13.0. The van der Waals surface area contributed by atoms with Crippen molar-refractivity contribution in [1.82, 2.24) is 9.47 Å². The number of aromatic nitrogens is 1. The van der Waals surface area contributed by atoms with Gasteiger partial charge in [0, 0.05) is 43.4 Å². The lowest BCUT2D eigenvalue weighted by molar-refractivity contribution is 0.194. The van der Waals surface area contributed by atoms with Crippen LogP contribution in [-0.2, 0) is 6.54 Å². The molecule has 2 amide bonds. The van der Waals surface area contributed by atoms with Crippen LogP contribution in [0.5, 0.6) is 11.5 Å². The van der Waals surface area contributed by atoms with Crippen LogP contribution in [0.1, 0.15) is 22.9 Å². The van der Waals surface area contributed by atoms with E-state index in [0.29, 0.717) is 23.7 Å². The second-order valence-corrected chi connectivity index (χ2v) is 8.95. The monoisotopic (exact) mass is 482 g/mol. The first-order chi connectivity index (χ1) is 17.5. The molecule has 1 atom stereocenters. The number of carbonyl (C=O) groups excluding carboxylic acids is 1. The van der Waals surface area contributed by atoms with Crippen molar-refractivity contribution in [3.05, 3.63) is 102 Å². The first kappa shape index (κ1) is 23.4. The zero-order valence-electron chi connectivity index (χ0n) is 20.9. The highest BCUT2D eigenvalue weighted by atomic mass is 16.5. The van der Waals surface area contributed by atoms with Gasteiger partial charge in [-0.05, 0) is 53.6 Å². The van der Waals surface area contributed by atoms with Gasteiger partial charge >= 0.3 is 6.03 Å². The van der Waals surface area contributed by atoms with Crippen LogP contribution in [0.3, 0.4) is 0 Å². The second-order valence-electron chi connectivity index (χ2n) is 8.95. The van der Waals surface area contributed by atoms with E-state index in [1.807, 2.05) is 43.3 Å². The lowest BCUT2D eigenvalue weighted by Crippen LogP contribution is -2.37. The van der Waals surface area contributed by atoms with Gasteiger partial charge in [0.2, 0.25) is 0 Å². The minimum absolute atomic E-state index is 0.201. The zero-order valence-corrected chi connectivity index (χ0v) is 20.9. The number of methoxy groups -OCH3 is 2. The van der Waals surface area contributed by atoms with E-state index in [9.17, 15) is 4.79 Å². The Balaban J connectivity index is 1.58. The third kappa shape index (κ3) is 4.24. The Labute approximate surface area is 211 Å². The lowest BCUT2D eigenvalue weighted by Gasteiger charge is -2.31. The average Bonchev–Trinajstić information content (AvgIpc) is 3.32. The SMILES string of the molecule is COc1ccc(NC(=O)N2Cc3ccccc3-n3cccc3C2c2ccc(N(C)C)cc2)cc1OC. The van der Waals surface area contributed by atoms with Crippen LogP contribution in [0.4, 0.5) is 16.2 Å². The fraction of sp³-hybridized carbons (Fsp3) is 0.207. The Morgan fingerprint density at radius 1 is 0.917 bits per heavy atom. The van der Waals surface area contributed by atoms with Crippen molar-refractivity contribution in [3.63, 3.8) is 0 Å². The minimum atomic E-state index is -0.288. The molecule has 0 radical (unpaired) electrons. The van der Waals surface area contributed by atoms with Gasteiger partial charge in [-0.3, -0.25) is 0 Å². The molecule has 7 heteroatoms. The Morgan fingerprint density at radius 2 is 1.67 bits per heavy atom. The molecule has 2 heterocycles. The lowest BCUT2D eigenvalue weighted by atomic mass is 10.0. The first-order valence-electron chi connectivity index (χ1n) is 11.8. The van der Waals surface area contributed by atoms with Gasteiger partial charge in [0.25, 0.3) is 0 Å². The van der Waals surface area contributed by atoms with E-state index in [1.165, 1.54) is 0 Å². The third-order valence-electron chi connectivity index (χ3n) is 6.58. The Hall–Kier alpha value is -4.39. The number of nitrogens with one attached hydrogen (secondary N) is 1. The maximum absolute atomic E-state index is 13.9. The van der Waals surface area contributed by atoms with Gasteiger partial charge in [-0.15, -0.1) is 0 Å². The van der Waals surface area contributed by atoms with Crippen LogP contribution < -0.4 is 19.7 Å². The van der Waals surface area contributed by atoms with Crippen molar-refractivity contribution in [1.29, 1.82) is 0 Å². The molecule has 0 saturated heterocycles. The Kier molecular flexibility index (Phi) is 6.29. The highest BCUT2D eigenvalue weighted by Crippen LogP contribution is 2.38. The Morgan fingerprint density at radius 3 is 2.39 bits per heavy atom. The highest BCUT2D eigenvalue weighted by molar-refractivity contribution is 5.90. The zero-order chi connectivity index (χ0) is 25.2. The summed E-state index contributed by atoms with van der Waals surface area (Å²) >= 11 is 0. The number of para-hydroxylation sites is 1. The van der Waals surface area contributed by atoms with Crippen LogP contribution >= 0.6 is 0 Å². The fourth-order valence-corrected chi connectivity index (χ4v) is 4.75. The molecule has 1 aliphatic rings. The summed E-state index contributed by atoms with van der Waals surface area (Å²) in [5.74, 6) is 1.16. The van der Waals surface area contributed by atoms with Crippen molar-refractivity contribution in [2.24, 2.45) is 0 Å². The van der Waals surface area contributed by atoms with Crippen LogP contribution in [0.2, 0.25) is 0 Å². The number of urea groups is 1. The number of benzene rings is 3. The number of hydrogen-bond donors (Lipinski definition) is 1. The minimum Gasteiger partial charge on any atom is -0.493 e. The molecular formula is C29H30N4O3. The molecule has 1 aliphatic heterocycles. The third-order valence-corrected chi connectivity index (χ3v) is 6.58. The van der Waals surface area contributed by atoms with E-state index in [2.05, 4.69) is 63.4 Å². The van der Waals surface area contributed by atoms with Gasteiger partial charge in [0.1, 0.15) is 0 Å². The molecule has 1 N–H and O–H groups in total. The van der Waals surface area contributed by atoms with Crippen LogP contribution in [0.25, 0.3) is 5.69 Å². The second kappa shape index (κ2) is 9.70. The fourth-order valence-electron chi connectivity index (χ4n) is 4.75. The molecule has 0 saturated carbocycles. The summed E-state index contributed by atoms with van der Waals surface area (Å²) in [6.07, 6.45) is 2.06. The van der Waals surface area contributed by atoms with E-state index in [0.717, 1.165) is 28.2 Å². The summed E-state index contributed by atoms with van der Waals surface area (Å²) in [7, 11) is 7.21. The summed E-state index contributed by atoms with van der Waals surface area (Å²) in [5, 5.41) is 3.08. The topological polar surface area (TPSA) is 59.0 Å². The number of rotatable bonds is 5. The van der Waals surface area contributed by atoms with Gasteiger partial charge in [-0.2, -0.15) is 0 Å². The number of ether oxygens (including phenoxy) is 2. The maximum atomic E-state index is 13.9. The first-order valence-corrected chi connectivity index (χ1v) is 11.8. The summed E-state index contributed by atoms with van der Waals surface area (Å²) in [6.45, 7) is 0.455. The molecule has 0 bridgehead atoms. The predicted octanol–water partition coefficient (Wildman–Crippen LogP) is 5.70. The summed E-state index contributed by atoms with van der Waals surface area (Å²) in [6, 6.07) is 25.6. The number of carbonyl (C=O) groups is 1. The van der Waals surface area contributed by atoms with E-state index in [-0.39, 0.29) is 12.1 Å². The number of anilines is 2. The molecular weight excluding hydrogens is 452 g/mol. The van der Waals surface area contributed by atoms with E-state index < -0.39 is 0 Å². The van der Waals surface area contributed by atoms with Crippen LogP contribution in [0, 0.1) is 0 Å². The molecule has 3 aromatic carbocycles. The molecule has 36 heavy (non-hydrogen) atoms. The largest absolute Gasteiger partial charge is 0.493 e. The predicted molar refractivity (Wildman–Crippen MR) is 142 cm³/mol. The molecule has 5 rings (SSSR count). The van der Waals surface area contributed by atoms with Gasteiger partial charge in [0.15, 0.2) is 11.5 Å². The van der Waals surface area contributed by atoms with E-state index >= 15 is 0 Å². The van der Waals surface area contributed by atoms with E-state index in [1.54, 1.807) is 26.4 Å². The van der Waals surface area contributed by atoms with Gasteiger partial charge < -0.3 is 29.2 Å². The van der Waals surface area contributed by atoms with Crippen LogP contribution in [-0.4, -0.2) is 43.8 Å². The highest BCUT2D eigenvalue weighted by Gasteiger charge is 2.33. The molecule has 0 spiro atoms. The van der Waals surface area contributed by atoms with Gasteiger partial charge in [-0.25, -0.2) is 4.79 Å².